The molecule has 0 bridgehead atoms. The van der Waals surface area contributed by atoms with Gasteiger partial charge in [-0.2, -0.15) is 0 Å². The molecular formula is C11H16N2O. The molecule has 1 aliphatic rings. The van der Waals surface area contributed by atoms with Gasteiger partial charge in [-0.1, -0.05) is 12.5 Å². The summed E-state index contributed by atoms with van der Waals surface area (Å²) in [6, 6.07) is 7.57. The van der Waals surface area contributed by atoms with Gasteiger partial charge in [-0.05, 0) is 25.0 Å². The van der Waals surface area contributed by atoms with Crippen molar-refractivity contribution in [2.24, 2.45) is 0 Å². The first kappa shape index (κ1) is 9.34. The fraction of sp³-hybridized carbons (Fsp3) is 0.455. The van der Waals surface area contributed by atoms with E-state index in [0.717, 1.165) is 24.5 Å². The third kappa shape index (κ3) is 2.39. The zero-order valence-corrected chi connectivity index (χ0v) is 8.28. The number of hydroxylamine groups is 2. The molecule has 1 aromatic rings. The first-order valence-corrected chi connectivity index (χ1v) is 5.13. The van der Waals surface area contributed by atoms with Crippen LogP contribution < -0.4 is 10.6 Å². The second kappa shape index (κ2) is 4.33. The number of hydrogen-bond donors (Lipinski definition) is 1. The summed E-state index contributed by atoms with van der Waals surface area (Å²) in [5, 5.41) is 2.01. The predicted octanol–water partition coefficient (Wildman–Crippen LogP) is 2.05. The van der Waals surface area contributed by atoms with E-state index in [2.05, 4.69) is 0 Å². The van der Waals surface area contributed by atoms with E-state index < -0.39 is 0 Å². The number of hydrogen-bond acceptors (Lipinski definition) is 3. The summed E-state index contributed by atoms with van der Waals surface area (Å²) in [5.74, 6) is 0.840. The van der Waals surface area contributed by atoms with Gasteiger partial charge in [0.1, 0.15) is 5.75 Å². The Hall–Kier alpha value is -1.22. The Balaban J connectivity index is 1.95. The third-order valence-electron chi connectivity index (χ3n) is 2.41. The minimum absolute atomic E-state index is 0.750. The molecule has 1 fully saturated rings. The molecule has 2 N–H and O–H groups in total. The Morgan fingerprint density at radius 2 is 1.93 bits per heavy atom. The van der Waals surface area contributed by atoms with Gasteiger partial charge in [-0.25, -0.2) is 0 Å². The van der Waals surface area contributed by atoms with Gasteiger partial charge in [-0.15, -0.1) is 5.06 Å². The van der Waals surface area contributed by atoms with E-state index in [1.165, 1.54) is 19.3 Å². The summed E-state index contributed by atoms with van der Waals surface area (Å²) in [6.45, 7) is 2.05. The van der Waals surface area contributed by atoms with E-state index in [1.54, 1.807) is 0 Å². The van der Waals surface area contributed by atoms with Crippen LogP contribution in [0.25, 0.3) is 0 Å². The average Bonchev–Trinajstić information content (AvgIpc) is 2.19. The van der Waals surface area contributed by atoms with E-state index in [-0.39, 0.29) is 0 Å². The highest BCUT2D eigenvalue weighted by atomic mass is 16.7. The summed E-state index contributed by atoms with van der Waals surface area (Å²) in [7, 11) is 0. The molecule has 0 radical (unpaired) electrons. The monoisotopic (exact) mass is 192 g/mol. The number of nitrogen functional groups attached to an aromatic ring is 1. The van der Waals surface area contributed by atoms with Crippen LogP contribution in [-0.2, 0) is 0 Å². The molecule has 1 aromatic carbocycles. The largest absolute Gasteiger partial charge is 0.406 e. The van der Waals surface area contributed by atoms with Gasteiger partial charge in [-0.3, -0.25) is 0 Å². The van der Waals surface area contributed by atoms with Gasteiger partial charge in [0.05, 0.1) is 0 Å². The summed E-state index contributed by atoms with van der Waals surface area (Å²) >= 11 is 0. The van der Waals surface area contributed by atoms with Crippen molar-refractivity contribution in [1.29, 1.82) is 0 Å². The Morgan fingerprint density at radius 3 is 2.64 bits per heavy atom. The third-order valence-corrected chi connectivity index (χ3v) is 2.41. The maximum Gasteiger partial charge on any atom is 0.149 e. The van der Waals surface area contributed by atoms with Crippen molar-refractivity contribution in [3.05, 3.63) is 24.3 Å². The van der Waals surface area contributed by atoms with Crippen LogP contribution in [0, 0.1) is 0 Å². The van der Waals surface area contributed by atoms with Crippen LogP contribution in [0.2, 0.25) is 0 Å². The van der Waals surface area contributed by atoms with Crippen molar-refractivity contribution in [3.8, 4) is 5.75 Å². The van der Waals surface area contributed by atoms with E-state index in [9.17, 15) is 0 Å². The smallest absolute Gasteiger partial charge is 0.149 e. The van der Waals surface area contributed by atoms with Crippen molar-refractivity contribution >= 4 is 5.69 Å². The molecule has 2 rings (SSSR count). The molecule has 0 atom stereocenters. The molecule has 76 valence electrons. The lowest BCUT2D eigenvalue weighted by molar-refractivity contribution is -0.0719. The van der Waals surface area contributed by atoms with Gasteiger partial charge in [0, 0.05) is 24.8 Å². The van der Waals surface area contributed by atoms with Gasteiger partial charge in [0.25, 0.3) is 0 Å². The number of benzene rings is 1. The number of nitrogens with two attached hydrogens (primary N) is 1. The Morgan fingerprint density at radius 1 is 1.14 bits per heavy atom. The van der Waals surface area contributed by atoms with Crippen LogP contribution in [0.5, 0.6) is 5.75 Å². The maximum atomic E-state index is 5.69. The molecule has 3 nitrogen and oxygen atoms in total. The summed E-state index contributed by atoms with van der Waals surface area (Å²) in [6.07, 6.45) is 3.77. The fourth-order valence-electron chi connectivity index (χ4n) is 1.68. The normalized spacial score (nSPS) is 18.0. The topological polar surface area (TPSA) is 38.5 Å². The fourth-order valence-corrected chi connectivity index (χ4v) is 1.68. The minimum Gasteiger partial charge on any atom is -0.406 e. The summed E-state index contributed by atoms with van der Waals surface area (Å²) in [5.41, 5.74) is 6.41. The van der Waals surface area contributed by atoms with Gasteiger partial charge < -0.3 is 10.6 Å². The summed E-state index contributed by atoms with van der Waals surface area (Å²) in [4.78, 5) is 5.69. The van der Waals surface area contributed by atoms with E-state index in [4.69, 9.17) is 10.6 Å². The molecule has 0 aromatic heterocycles. The molecule has 1 heterocycles. The lowest BCUT2D eigenvalue weighted by Crippen LogP contribution is -2.32. The molecule has 3 heteroatoms. The second-order valence-corrected chi connectivity index (χ2v) is 3.65. The second-order valence-electron chi connectivity index (χ2n) is 3.65. The van der Waals surface area contributed by atoms with Gasteiger partial charge >= 0.3 is 0 Å². The zero-order valence-electron chi connectivity index (χ0n) is 8.28. The molecular weight excluding hydrogens is 176 g/mol. The van der Waals surface area contributed by atoms with Crippen molar-refractivity contribution < 1.29 is 4.84 Å². The summed E-state index contributed by atoms with van der Waals surface area (Å²) < 4.78 is 0. The molecule has 0 amide bonds. The molecule has 0 saturated carbocycles. The van der Waals surface area contributed by atoms with Gasteiger partial charge in [0.2, 0.25) is 0 Å². The van der Waals surface area contributed by atoms with E-state index >= 15 is 0 Å². The molecule has 1 aliphatic heterocycles. The first-order valence-electron chi connectivity index (χ1n) is 5.13. The van der Waals surface area contributed by atoms with Crippen molar-refractivity contribution in [2.75, 3.05) is 18.8 Å². The number of piperidine rings is 1. The van der Waals surface area contributed by atoms with Crippen LogP contribution >= 0.6 is 0 Å². The van der Waals surface area contributed by atoms with Crippen molar-refractivity contribution in [1.82, 2.24) is 5.06 Å². The van der Waals surface area contributed by atoms with Crippen LogP contribution in [-0.4, -0.2) is 18.2 Å². The molecule has 0 aliphatic carbocycles. The first-order chi connectivity index (χ1) is 6.84. The highest BCUT2D eigenvalue weighted by molar-refractivity contribution is 5.43. The SMILES string of the molecule is Nc1cccc(ON2CCCCC2)c1. The minimum atomic E-state index is 0.750. The number of anilines is 1. The Bertz CT molecular complexity index is 295. The predicted molar refractivity (Wildman–Crippen MR) is 56.9 cm³/mol. The molecule has 0 spiro atoms. The number of nitrogens with zero attached hydrogens (tertiary/aromatic N) is 1. The lowest BCUT2D eigenvalue weighted by Gasteiger charge is -2.26. The Kier molecular flexibility index (Phi) is 2.89. The average molecular weight is 192 g/mol. The molecule has 14 heavy (non-hydrogen) atoms. The standard InChI is InChI=1S/C11H16N2O/c12-10-5-4-6-11(9-10)14-13-7-2-1-3-8-13/h4-6,9H,1-3,7-8,12H2. The van der Waals surface area contributed by atoms with Crippen LogP contribution in [0.3, 0.4) is 0 Å². The van der Waals surface area contributed by atoms with Crippen molar-refractivity contribution in [2.45, 2.75) is 19.3 Å². The van der Waals surface area contributed by atoms with Crippen LogP contribution in [0.15, 0.2) is 24.3 Å². The maximum absolute atomic E-state index is 5.69. The van der Waals surface area contributed by atoms with Gasteiger partial charge in [0.15, 0.2) is 0 Å². The van der Waals surface area contributed by atoms with Crippen LogP contribution in [0.1, 0.15) is 19.3 Å². The molecule has 0 unspecified atom stereocenters. The van der Waals surface area contributed by atoms with Crippen molar-refractivity contribution in [3.63, 3.8) is 0 Å². The number of rotatable bonds is 2. The van der Waals surface area contributed by atoms with Crippen LogP contribution in [0.4, 0.5) is 5.69 Å². The van der Waals surface area contributed by atoms with E-state index in [1.807, 2.05) is 29.3 Å². The Labute approximate surface area is 84.4 Å². The molecule has 1 saturated heterocycles. The zero-order chi connectivity index (χ0) is 9.80. The quantitative estimate of drug-likeness (QED) is 0.729. The highest BCUT2D eigenvalue weighted by Crippen LogP contribution is 2.18. The highest BCUT2D eigenvalue weighted by Gasteiger charge is 2.11. The lowest BCUT2D eigenvalue weighted by atomic mass is 10.2. The van der Waals surface area contributed by atoms with E-state index in [0.29, 0.717) is 0 Å².